The molecule has 1 aromatic heterocycles. The highest BCUT2D eigenvalue weighted by Gasteiger charge is 2.22. The molecular formula is C12H19BrN2O2S. The first-order valence-corrected chi connectivity index (χ1v) is 7.39. The van der Waals surface area contributed by atoms with Crippen LogP contribution in [-0.2, 0) is 6.54 Å². The van der Waals surface area contributed by atoms with E-state index in [0.29, 0.717) is 6.54 Å². The molecule has 0 aliphatic carbocycles. The van der Waals surface area contributed by atoms with Gasteiger partial charge in [-0.05, 0) is 27.4 Å². The van der Waals surface area contributed by atoms with Crippen molar-refractivity contribution in [3.8, 4) is 0 Å². The number of amides is 2. The number of hydrogen-bond donors (Lipinski definition) is 3. The number of urea groups is 1. The highest BCUT2D eigenvalue weighted by Crippen LogP contribution is 2.19. The fraction of sp³-hybridized carbons (Fsp3) is 0.583. The lowest BCUT2D eigenvalue weighted by Gasteiger charge is -2.25. The number of carbonyl (C=O) groups excluding carboxylic acids is 1. The van der Waals surface area contributed by atoms with Crippen LogP contribution in [0.25, 0.3) is 0 Å². The molecule has 2 amide bonds. The molecule has 1 rings (SSSR count). The van der Waals surface area contributed by atoms with Gasteiger partial charge in [-0.1, -0.05) is 20.8 Å². The van der Waals surface area contributed by atoms with E-state index >= 15 is 0 Å². The Labute approximate surface area is 120 Å². The molecule has 1 heterocycles. The molecule has 102 valence electrons. The van der Waals surface area contributed by atoms with Gasteiger partial charge in [-0.15, -0.1) is 11.3 Å². The van der Waals surface area contributed by atoms with Gasteiger partial charge in [0.15, 0.2) is 0 Å². The zero-order valence-corrected chi connectivity index (χ0v) is 13.2. The highest BCUT2D eigenvalue weighted by molar-refractivity contribution is 9.10. The van der Waals surface area contributed by atoms with Gasteiger partial charge in [-0.3, -0.25) is 0 Å². The first kappa shape index (κ1) is 15.5. The van der Waals surface area contributed by atoms with Crippen LogP contribution in [0.4, 0.5) is 4.79 Å². The Hall–Kier alpha value is -0.590. The minimum atomic E-state index is -0.556. The van der Waals surface area contributed by atoms with Gasteiger partial charge in [-0.25, -0.2) is 4.79 Å². The Morgan fingerprint density at radius 3 is 2.67 bits per heavy atom. The smallest absolute Gasteiger partial charge is 0.315 e. The number of thiophene rings is 1. The number of aliphatic hydroxyl groups excluding tert-OH is 1. The van der Waals surface area contributed by atoms with E-state index in [0.717, 1.165) is 9.35 Å². The zero-order chi connectivity index (χ0) is 13.8. The van der Waals surface area contributed by atoms with Gasteiger partial charge in [0.1, 0.15) is 0 Å². The molecule has 0 saturated heterocycles. The molecule has 0 fully saturated rings. The van der Waals surface area contributed by atoms with E-state index in [9.17, 15) is 9.90 Å². The average molecular weight is 335 g/mol. The summed E-state index contributed by atoms with van der Waals surface area (Å²) in [7, 11) is 0. The quantitative estimate of drug-likeness (QED) is 0.792. The van der Waals surface area contributed by atoms with Crippen molar-refractivity contribution in [1.82, 2.24) is 10.6 Å². The van der Waals surface area contributed by atoms with Crippen molar-refractivity contribution in [2.24, 2.45) is 5.41 Å². The number of rotatable bonds is 4. The Morgan fingerprint density at radius 1 is 1.50 bits per heavy atom. The summed E-state index contributed by atoms with van der Waals surface area (Å²) in [6.07, 6.45) is -0.556. The minimum absolute atomic E-state index is 0.230. The monoisotopic (exact) mass is 334 g/mol. The Balaban J connectivity index is 2.26. The summed E-state index contributed by atoms with van der Waals surface area (Å²) in [4.78, 5) is 12.6. The zero-order valence-electron chi connectivity index (χ0n) is 10.8. The summed E-state index contributed by atoms with van der Waals surface area (Å²) < 4.78 is 1.02. The SMILES string of the molecule is CC(C)(C)C(O)CNC(=O)NCc1cc(Br)cs1. The molecule has 3 N–H and O–H groups in total. The van der Waals surface area contributed by atoms with Crippen molar-refractivity contribution in [3.63, 3.8) is 0 Å². The predicted octanol–water partition coefficient (Wildman–Crippen LogP) is 2.72. The van der Waals surface area contributed by atoms with E-state index in [1.165, 1.54) is 0 Å². The molecular weight excluding hydrogens is 316 g/mol. The van der Waals surface area contributed by atoms with E-state index in [4.69, 9.17) is 0 Å². The summed E-state index contributed by atoms with van der Waals surface area (Å²) in [5.41, 5.74) is -0.230. The van der Waals surface area contributed by atoms with Gasteiger partial charge < -0.3 is 15.7 Å². The fourth-order valence-electron chi connectivity index (χ4n) is 1.17. The Bertz CT molecular complexity index is 401. The predicted molar refractivity (Wildman–Crippen MR) is 77.7 cm³/mol. The van der Waals surface area contributed by atoms with Crippen LogP contribution in [0.3, 0.4) is 0 Å². The standard InChI is InChI=1S/C12H19BrN2O2S/c1-12(2,3)10(16)6-15-11(17)14-5-9-4-8(13)7-18-9/h4,7,10,16H,5-6H2,1-3H3,(H2,14,15,17). The molecule has 0 radical (unpaired) electrons. The summed E-state index contributed by atoms with van der Waals surface area (Å²) >= 11 is 4.94. The van der Waals surface area contributed by atoms with Gasteiger partial charge in [0, 0.05) is 21.3 Å². The normalized spacial score (nSPS) is 13.2. The topological polar surface area (TPSA) is 61.4 Å². The van der Waals surface area contributed by atoms with E-state index in [1.54, 1.807) is 11.3 Å². The Morgan fingerprint density at radius 2 is 2.17 bits per heavy atom. The van der Waals surface area contributed by atoms with Crippen molar-refractivity contribution in [3.05, 3.63) is 20.8 Å². The molecule has 0 spiro atoms. The molecule has 0 bridgehead atoms. The van der Waals surface area contributed by atoms with Crippen molar-refractivity contribution in [1.29, 1.82) is 0 Å². The van der Waals surface area contributed by atoms with E-state index in [-0.39, 0.29) is 18.0 Å². The summed E-state index contributed by atoms with van der Waals surface area (Å²) in [5.74, 6) is 0. The molecule has 0 aliphatic rings. The Kier molecular flexibility index (Phi) is 5.62. The molecule has 0 aromatic carbocycles. The summed E-state index contributed by atoms with van der Waals surface area (Å²) in [6, 6.07) is 1.71. The van der Waals surface area contributed by atoms with Gasteiger partial charge >= 0.3 is 6.03 Å². The first-order chi connectivity index (χ1) is 8.29. The van der Waals surface area contributed by atoms with Gasteiger partial charge in [0.2, 0.25) is 0 Å². The molecule has 4 nitrogen and oxygen atoms in total. The molecule has 0 saturated carbocycles. The van der Waals surface area contributed by atoms with Crippen LogP contribution in [0.15, 0.2) is 15.9 Å². The lowest BCUT2D eigenvalue weighted by molar-refractivity contribution is 0.0650. The third-order valence-corrected chi connectivity index (χ3v) is 4.20. The maximum absolute atomic E-state index is 11.5. The maximum Gasteiger partial charge on any atom is 0.315 e. The van der Waals surface area contributed by atoms with Crippen molar-refractivity contribution in [2.75, 3.05) is 6.54 Å². The van der Waals surface area contributed by atoms with Gasteiger partial charge in [0.05, 0.1) is 12.6 Å². The lowest BCUT2D eigenvalue weighted by atomic mass is 9.89. The minimum Gasteiger partial charge on any atom is -0.391 e. The van der Waals surface area contributed by atoms with Crippen molar-refractivity contribution in [2.45, 2.75) is 33.4 Å². The second-order valence-electron chi connectivity index (χ2n) is 5.18. The van der Waals surface area contributed by atoms with Gasteiger partial charge in [-0.2, -0.15) is 0 Å². The average Bonchev–Trinajstić information content (AvgIpc) is 2.67. The number of nitrogens with one attached hydrogen (secondary N) is 2. The molecule has 1 unspecified atom stereocenters. The summed E-state index contributed by atoms with van der Waals surface area (Å²) in [6.45, 7) is 6.54. The third kappa shape index (κ3) is 5.37. The lowest BCUT2D eigenvalue weighted by Crippen LogP contribution is -2.43. The van der Waals surface area contributed by atoms with Crippen LogP contribution in [0, 0.1) is 5.41 Å². The highest BCUT2D eigenvalue weighted by atomic mass is 79.9. The molecule has 18 heavy (non-hydrogen) atoms. The second kappa shape index (κ2) is 6.54. The van der Waals surface area contributed by atoms with E-state index in [2.05, 4.69) is 26.6 Å². The molecule has 0 aliphatic heterocycles. The van der Waals surface area contributed by atoms with Crippen LogP contribution < -0.4 is 10.6 Å². The van der Waals surface area contributed by atoms with Crippen LogP contribution in [-0.4, -0.2) is 23.8 Å². The third-order valence-electron chi connectivity index (χ3n) is 2.50. The van der Waals surface area contributed by atoms with Crippen molar-refractivity contribution >= 4 is 33.3 Å². The van der Waals surface area contributed by atoms with Crippen LogP contribution in [0.5, 0.6) is 0 Å². The molecule has 1 atom stereocenters. The van der Waals surface area contributed by atoms with E-state index < -0.39 is 6.10 Å². The fourth-order valence-corrected chi connectivity index (χ4v) is 2.56. The second-order valence-corrected chi connectivity index (χ2v) is 7.09. The number of hydrogen-bond acceptors (Lipinski definition) is 3. The van der Waals surface area contributed by atoms with Crippen LogP contribution in [0.1, 0.15) is 25.6 Å². The van der Waals surface area contributed by atoms with Crippen LogP contribution >= 0.6 is 27.3 Å². The van der Waals surface area contributed by atoms with Crippen molar-refractivity contribution < 1.29 is 9.90 Å². The number of aliphatic hydroxyl groups is 1. The van der Waals surface area contributed by atoms with E-state index in [1.807, 2.05) is 32.2 Å². The number of halogens is 1. The van der Waals surface area contributed by atoms with Crippen LogP contribution in [0.2, 0.25) is 0 Å². The number of carbonyl (C=O) groups is 1. The largest absolute Gasteiger partial charge is 0.391 e. The maximum atomic E-state index is 11.5. The first-order valence-electron chi connectivity index (χ1n) is 5.71. The molecule has 6 heteroatoms. The van der Waals surface area contributed by atoms with Gasteiger partial charge in [0.25, 0.3) is 0 Å². The molecule has 1 aromatic rings. The summed E-state index contributed by atoms with van der Waals surface area (Å²) in [5, 5.41) is 17.2.